The van der Waals surface area contributed by atoms with E-state index >= 15 is 0 Å². The van der Waals surface area contributed by atoms with Crippen LogP contribution in [0.2, 0.25) is 10.0 Å². The molecule has 1 heterocycles. The summed E-state index contributed by atoms with van der Waals surface area (Å²) in [5.41, 5.74) is 0.825. The van der Waals surface area contributed by atoms with Crippen LogP contribution < -0.4 is 0 Å². The highest BCUT2D eigenvalue weighted by Gasteiger charge is 2.07. The van der Waals surface area contributed by atoms with Crippen LogP contribution in [0.5, 0.6) is 0 Å². The second-order valence-electron chi connectivity index (χ2n) is 3.78. The summed E-state index contributed by atoms with van der Waals surface area (Å²) in [6.07, 6.45) is 1.16. The third-order valence-corrected chi connectivity index (χ3v) is 4.02. The van der Waals surface area contributed by atoms with E-state index in [9.17, 15) is 5.11 Å². The highest BCUT2D eigenvalue weighted by atomic mass is 35.5. The van der Waals surface area contributed by atoms with Gasteiger partial charge in [-0.1, -0.05) is 35.0 Å². The second-order valence-corrected chi connectivity index (χ2v) is 5.69. The van der Waals surface area contributed by atoms with Gasteiger partial charge in [0.05, 0.1) is 11.1 Å². The Morgan fingerprint density at radius 1 is 1.22 bits per heavy atom. The number of benzene rings is 1. The molecular weight excluding hydrogens is 289 g/mol. The molecule has 2 nitrogen and oxygen atoms in total. The molecule has 18 heavy (non-hydrogen) atoms. The maximum Gasteiger partial charge on any atom is 0.101 e. The highest BCUT2D eigenvalue weighted by Crippen LogP contribution is 2.34. The summed E-state index contributed by atoms with van der Waals surface area (Å²) in [7, 11) is 0. The molecule has 5 heteroatoms. The number of aromatic nitrogens is 1. The maximum absolute atomic E-state index is 9.53. The third-order valence-electron chi connectivity index (χ3n) is 2.35. The van der Waals surface area contributed by atoms with Crippen molar-refractivity contribution in [1.29, 1.82) is 0 Å². The summed E-state index contributed by atoms with van der Waals surface area (Å²) in [4.78, 5) is 5.08. The topological polar surface area (TPSA) is 33.1 Å². The van der Waals surface area contributed by atoms with Crippen molar-refractivity contribution in [3.8, 4) is 0 Å². The fourth-order valence-corrected chi connectivity index (χ4v) is 2.76. The van der Waals surface area contributed by atoms with Crippen LogP contribution in [0, 0.1) is 0 Å². The second kappa shape index (κ2) is 5.93. The van der Waals surface area contributed by atoms with E-state index in [2.05, 4.69) is 4.98 Å². The molecule has 0 aliphatic rings. The van der Waals surface area contributed by atoms with E-state index in [4.69, 9.17) is 23.2 Å². The molecule has 0 radical (unpaired) electrons. The Kier molecular flexibility index (Phi) is 4.51. The SMILES string of the molecule is C[C@H](O)c1ccnc(Sc2cc(Cl)ccc2Cl)c1. The van der Waals surface area contributed by atoms with E-state index in [1.807, 2.05) is 6.07 Å². The Morgan fingerprint density at radius 2 is 2.00 bits per heavy atom. The van der Waals surface area contributed by atoms with Crippen molar-refractivity contribution >= 4 is 35.0 Å². The molecule has 1 aromatic heterocycles. The van der Waals surface area contributed by atoms with Gasteiger partial charge in [-0.3, -0.25) is 0 Å². The summed E-state index contributed by atoms with van der Waals surface area (Å²) in [6.45, 7) is 1.72. The Balaban J connectivity index is 2.28. The average molecular weight is 300 g/mol. The molecular formula is C13H11Cl2NOS. The van der Waals surface area contributed by atoms with E-state index in [1.54, 1.807) is 37.4 Å². The lowest BCUT2D eigenvalue weighted by atomic mass is 10.2. The van der Waals surface area contributed by atoms with Gasteiger partial charge in [0.1, 0.15) is 5.03 Å². The van der Waals surface area contributed by atoms with Crippen molar-refractivity contribution in [2.75, 3.05) is 0 Å². The lowest BCUT2D eigenvalue weighted by Gasteiger charge is -2.07. The maximum atomic E-state index is 9.53. The molecule has 0 spiro atoms. The summed E-state index contributed by atoms with van der Waals surface area (Å²) in [5.74, 6) is 0. The molecule has 1 atom stereocenters. The van der Waals surface area contributed by atoms with Crippen LogP contribution in [-0.2, 0) is 0 Å². The normalized spacial score (nSPS) is 12.4. The quantitative estimate of drug-likeness (QED) is 0.899. The minimum Gasteiger partial charge on any atom is -0.389 e. The zero-order valence-corrected chi connectivity index (χ0v) is 11.9. The first-order valence-corrected chi connectivity index (χ1v) is 6.90. The van der Waals surface area contributed by atoms with Crippen molar-refractivity contribution in [3.05, 3.63) is 52.1 Å². The third kappa shape index (κ3) is 3.39. The molecule has 0 saturated carbocycles. The molecule has 1 N–H and O–H groups in total. The summed E-state index contributed by atoms with van der Waals surface area (Å²) in [5, 5.41) is 11.6. The molecule has 0 aliphatic heterocycles. The molecule has 0 fully saturated rings. The minimum absolute atomic E-state index is 0.512. The predicted octanol–water partition coefficient (Wildman–Crippen LogP) is 4.59. The number of halogens is 2. The van der Waals surface area contributed by atoms with Crippen molar-refractivity contribution in [3.63, 3.8) is 0 Å². The van der Waals surface area contributed by atoms with Crippen LogP contribution in [0.15, 0.2) is 46.5 Å². The van der Waals surface area contributed by atoms with Gasteiger partial charge >= 0.3 is 0 Å². The van der Waals surface area contributed by atoms with Crippen molar-refractivity contribution in [2.45, 2.75) is 22.9 Å². The Labute approximate surface area is 120 Å². The summed E-state index contributed by atoms with van der Waals surface area (Å²) in [6, 6.07) is 8.92. The number of hydrogen-bond donors (Lipinski definition) is 1. The van der Waals surface area contributed by atoms with Gasteiger partial charge in [-0.25, -0.2) is 4.98 Å². The van der Waals surface area contributed by atoms with E-state index < -0.39 is 6.10 Å². The first kappa shape index (κ1) is 13.7. The first-order valence-electron chi connectivity index (χ1n) is 5.33. The summed E-state index contributed by atoms with van der Waals surface area (Å²) < 4.78 is 0. The zero-order valence-electron chi connectivity index (χ0n) is 9.60. The smallest absolute Gasteiger partial charge is 0.101 e. The molecule has 1 aromatic carbocycles. The highest BCUT2D eigenvalue weighted by molar-refractivity contribution is 7.99. The van der Waals surface area contributed by atoms with E-state index in [0.29, 0.717) is 10.0 Å². The Hall–Kier alpha value is -0.740. The number of aliphatic hydroxyl groups excluding tert-OH is 1. The molecule has 0 unspecified atom stereocenters. The minimum atomic E-state index is -0.512. The van der Waals surface area contributed by atoms with Gasteiger partial charge in [0.15, 0.2) is 0 Å². The van der Waals surface area contributed by atoms with Gasteiger partial charge in [0.2, 0.25) is 0 Å². The average Bonchev–Trinajstić information content (AvgIpc) is 2.34. The van der Waals surface area contributed by atoms with Gasteiger partial charge in [-0.15, -0.1) is 0 Å². The number of hydrogen-bond acceptors (Lipinski definition) is 3. The lowest BCUT2D eigenvalue weighted by Crippen LogP contribution is -1.92. The van der Waals surface area contributed by atoms with Crippen LogP contribution in [0.3, 0.4) is 0 Å². The molecule has 94 valence electrons. The Morgan fingerprint density at radius 3 is 2.72 bits per heavy atom. The van der Waals surface area contributed by atoms with Crippen molar-refractivity contribution < 1.29 is 5.11 Å². The van der Waals surface area contributed by atoms with Crippen LogP contribution in [0.4, 0.5) is 0 Å². The van der Waals surface area contributed by atoms with Crippen LogP contribution in [-0.4, -0.2) is 10.1 Å². The molecule has 0 amide bonds. The monoisotopic (exact) mass is 299 g/mol. The molecule has 0 aliphatic carbocycles. The number of rotatable bonds is 3. The van der Waals surface area contributed by atoms with Gasteiger partial charge in [0.25, 0.3) is 0 Å². The van der Waals surface area contributed by atoms with E-state index in [-0.39, 0.29) is 0 Å². The predicted molar refractivity (Wildman–Crippen MR) is 75.5 cm³/mol. The molecule has 2 aromatic rings. The Bertz CT molecular complexity index is 560. The fourth-order valence-electron chi connectivity index (χ4n) is 1.41. The van der Waals surface area contributed by atoms with Crippen LogP contribution >= 0.6 is 35.0 Å². The van der Waals surface area contributed by atoms with Crippen LogP contribution in [0.25, 0.3) is 0 Å². The van der Waals surface area contributed by atoms with Gasteiger partial charge in [-0.2, -0.15) is 0 Å². The number of pyridine rings is 1. The van der Waals surface area contributed by atoms with E-state index in [1.165, 1.54) is 11.8 Å². The first-order chi connectivity index (χ1) is 8.56. The van der Waals surface area contributed by atoms with Crippen molar-refractivity contribution in [2.24, 2.45) is 0 Å². The standard InChI is InChI=1S/C13H11Cl2NOS/c1-8(17)9-4-5-16-13(6-9)18-12-7-10(14)2-3-11(12)15/h2-8,17H,1H3/t8-/m0/s1. The van der Waals surface area contributed by atoms with E-state index in [0.717, 1.165) is 15.5 Å². The van der Waals surface area contributed by atoms with Crippen LogP contribution in [0.1, 0.15) is 18.6 Å². The lowest BCUT2D eigenvalue weighted by molar-refractivity contribution is 0.199. The fraction of sp³-hybridized carbons (Fsp3) is 0.154. The molecule has 0 bridgehead atoms. The number of aliphatic hydroxyl groups is 1. The van der Waals surface area contributed by atoms with Gasteiger partial charge < -0.3 is 5.11 Å². The van der Waals surface area contributed by atoms with Gasteiger partial charge in [0, 0.05) is 16.1 Å². The zero-order chi connectivity index (χ0) is 13.1. The number of nitrogens with zero attached hydrogens (tertiary/aromatic N) is 1. The van der Waals surface area contributed by atoms with Crippen molar-refractivity contribution in [1.82, 2.24) is 4.98 Å². The molecule has 0 saturated heterocycles. The van der Waals surface area contributed by atoms with Gasteiger partial charge in [-0.05, 0) is 42.8 Å². The molecule has 2 rings (SSSR count). The largest absolute Gasteiger partial charge is 0.389 e. The summed E-state index contributed by atoms with van der Waals surface area (Å²) >= 11 is 13.4.